The highest BCUT2D eigenvalue weighted by molar-refractivity contribution is 7.25. The first kappa shape index (κ1) is 31.6. The van der Waals surface area contributed by atoms with Gasteiger partial charge in [0.25, 0.3) is 0 Å². The molecular weight excluding hydrogens is 687 g/mol. The number of benzene rings is 9. The lowest BCUT2D eigenvalue weighted by Gasteiger charge is -2.28. The summed E-state index contributed by atoms with van der Waals surface area (Å²) in [5, 5.41) is 7.34. The van der Waals surface area contributed by atoms with Crippen LogP contribution in [-0.2, 0) is 0 Å². The third kappa shape index (κ3) is 5.40. The molecule has 11 aromatic rings. The third-order valence-electron chi connectivity index (χ3n) is 10.9. The second-order valence-electron chi connectivity index (χ2n) is 14.1. The Hall–Kier alpha value is -6.94. The number of hydrogen-bond acceptors (Lipinski definition) is 3. The molecule has 258 valence electrons. The molecule has 11 rings (SSSR count). The Morgan fingerprint density at radius 1 is 0.345 bits per heavy atom. The van der Waals surface area contributed by atoms with Crippen LogP contribution in [-0.4, -0.2) is 0 Å². The Bertz CT molecular complexity index is 3220. The fourth-order valence-corrected chi connectivity index (χ4v) is 9.38. The Balaban J connectivity index is 1.06. The lowest BCUT2D eigenvalue weighted by atomic mass is 9.96. The van der Waals surface area contributed by atoms with E-state index >= 15 is 0 Å². The van der Waals surface area contributed by atoms with E-state index in [1.807, 2.05) is 23.5 Å². The lowest BCUT2D eigenvalue weighted by Crippen LogP contribution is -2.11. The van der Waals surface area contributed by atoms with Crippen LogP contribution < -0.4 is 4.90 Å². The number of nitrogens with zero attached hydrogens (tertiary/aromatic N) is 1. The molecule has 9 aromatic carbocycles. The second-order valence-corrected chi connectivity index (χ2v) is 15.2. The molecule has 2 nitrogen and oxygen atoms in total. The van der Waals surface area contributed by atoms with Crippen molar-refractivity contribution >= 4 is 81.3 Å². The van der Waals surface area contributed by atoms with Crippen molar-refractivity contribution in [2.75, 3.05) is 4.90 Å². The van der Waals surface area contributed by atoms with Crippen molar-refractivity contribution in [3.8, 4) is 33.4 Å². The minimum Gasteiger partial charge on any atom is -0.456 e. The van der Waals surface area contributed by atoms with E-state index in [-0.39, 0.29) is 0 Å². The first-order valence-corrected chi connectivity index (χ1v) is 19.5. The van der Waals surface area contributed by atoms with Gasteiger partial charge in [-0.3, -0.25) is 0 Å². The summed E-state index contributed by atoms with van der Waals surface area (Å²) in [7, 11) is 0. The van der Waals surface area contributed by atoms with Crippen LogP contribution in [0.5, 0.6) is 0 Å². The molecule has 0 aliphatic carbocycles. The van der Waals surface area contributed by atoms with Crippen LogP contribution in [0.1, 0.15) is 0 Å². The molecule has 2 heterocycles. The van der Waals surface area contributed by atoms with Gasteiger partial charge in [0.15, 0.2) is 0 Å². The van der Waals surface area contributed by atoms with Gasteiger partial charge < -0.3 is 9.32 Å². The van der Waals surface area contributed by atoms with Crippen molar-refractivity contribution in [3.05, 3.63) is 200 Å². The summed E-state index contributed by atoms with van der Waals surface area (Å²) in [6.07, 6.45) is 0. The van der Waals surface area contributed by atoms with Crippen molar-refractivity contribution < 1.29 is 4.42 Å². The van der Waals surface area contributed by atoms with E-state index in [1.165, 1.54) is 58.8 Å². The smallest absolute Gasteiger partial charge is 0.135 e. The highest BCUT2D eigenvalue weighted by Gasteiger charge is 2.20. The quantitative estimate of drug-likeness (QED) is 0.170. The Kier molecular flexibility index (Phi) is 7.39. The van der Waals surface area contributed by atoms with Crippen molar-refractivity contribution in [2.45, 2.75) is 0 Å². The number of anilines is 3. The normalized spacial score (nSPS) is 11.6. The van der Waals surface area contributed by atoms with Crippen LogP contribution in [0.15, 0.2) is 205 Å². The maximum Gasteiger partial charge on any atom is 0.135 e. The number of rotatable bonds is 6. The predicted molar refractivity (Wildman–Crippen MR) is 235 cm³/mol. The average Bonchev–Trinajstić information content (AvgIpc) is 3.82. The fourth-order valence-electron chi connectivity index (χ4n) is 8.23. The number of thiophene rings is 1. The van der Waals surface area contributed by atoms with Gasteiger partial charge in [-0.15, -0.1) is 11.3 Å². The van der Waals surface area contributed by atoms with E-state index in [2.05, 4.69) is 193 Å². The van der Waals surface area contributed by atoms with E-state index in [9.17, 15) is 0 Å². The second kappa shape index (κ2) is 12.9. The average molecular weight is 720 g/mol. The van der Waals surface area contributed by atoms with Gasteiger partial charge in [-0.2, -0.15) is 0 Å². The maximum absolute atomic E-state index is 6.28. The highest BCUT2D eigenvalue weighted by Crippen LogP contribution is 2.45. The van der Waals surface area contributed by atoms with E-state index in [1.54, 1.807) is 0 Å². The van der Waals surface area contributed by atoms with E-state index in [0.29, 0.717) is 0 Å². The summed E-state index contributed by atoms with van der Waals surface area (Å²) < 4.78 is 8.89. The van der Waals surface area contributed by atoms with Crippen molar-refractivity contribution in [1.82, 2.24) is 0 Å². The minimum absolute atomic E-state index is 0.883. The molecule has 0 spiro atoms. The summed E-state index contributed by atoms with van der Waals surface area (Å²) in [6, 6.07) is 72.3. The molecule has 2 aromatic heterocycles. The monoisotopic (exact) mass is 719 g/mol. The van der Waals surface area contributed by atoms with Crippen LogP contribution in [0, 0.1) is 0 Å². The van der Waals surface area contributed by atoms with E-state index in [0.717, 1.165) is 44.6 Å². The highest BCUT2D eigenvalue weighted by atomic mass is 32.1. The van der Waals surface area contributed by atoms with Gasteiger partial charge in [0, 0.05) is 47.9 Å². The number of furan rings is 1. The van der Waals surface area contributed by atoms with Gasteiger partial charge in [-0.25, -0.2) is 0 Å². The zero-order valence-corrected chi connectivity index (χ0v) is 30.6. The summed E-state index contributed by atoms with van der Waals surface area (Å²) in [6.45, 7) is 0. The van der Waals surface area contributed by atoms with Crippen LogP contribution in [0.25, 0.3) is 86.3 Å². The minimum atomic E-state index is 0.883. The molecule has 0 saturated carbocycles. The molecule has 0 unspecified atom stereocenters. The van der Waals surface area contributed by atoms with Crippen LogP contribution in [0.2, 0.25) is 0 Å². The number of para-hydroxylation sites is 2. The summed E-state index contributed by atoms with van der Waals surface area (Å²) in [5.41, 5.74) is 12.2. The summed E-state index contributed by atoms with van der Waals surface area (Å²) in [5.74, 6) is 0. The molecule has 0 bridgehead atoms. The number of hydrogen-bond donors (Lipinski definition) is 0. The standard InChI is InChI=1S/C52H33NOS/c1-2-15-41-35(11-1)12-10-19-42(41)36-25-23-34(24-26-36)37-13-9-14-39(31-37)53(40-28-30-50-47(33-40)44-17-4-7-21-49(44)54-50)48-20-6-3-16-43(48)38-27-29-46-45-18-5-8-22-51(45)55-52(46)32-38/h1-33H. The Labute approximate surface area is 322 Å². The maximum atomic E-state index is 6.28. The van der Waals surface area contributed by atoms with E-state index < -0.39 is 0 Å². The van der Waals surface area contributed by atoms with Crippen LogP contribution in [0.4, 0.5) is 17.1 Å². The molecular formula is C52H33NOS. The molecule has 55 heavy (non-hydrogen) atoms. The molecule has 0 aliphatic heterocycles. The van der Waals surface area contributed by atoms with E-state index in [4.69, 9.17) is 4.42 Å². The molecule has 0 N–H and O–H groups in total. The largest absolute Gasteiger partial charge is 0.456 e. The first-order valence-electron chi connectivity index (χ1n) is 18.7. The lowest BCUT2D eigenvalue weighted by molar-refractivity contribution is 0.669. The van der Waals surface area contributed by atoms with Gasteiger partial charge in [0.2, 0.25) is 0 Å². The van der Waals surface area contributed by atoms with Crippen LogP contribution >= 0.6 is 11.3 Å². The molecule has 0 fully saturated rings. The number of fused-ring (bicyclic) bond motifs is 7. The Morgan fingerprint density at radius 2 is 1.00 bits per heavy atom. The summed E-state index contributed by atoms with van der Waals surface area (Å²) in [4.78, 5) is 2.40. The molecule has 0 atom stereocenters. The summed E-state index contributed by atoms with van der Waals surface area (Å²) >= 11 is 1.86. The molecule has 3 heteroatoms. The van der Waals surface area contributed by atoms with Gasteiger partial charge >= 0.3 is 0 Å². The van der Waals surface area contributed by atoms with Gasteiger partial charge in [0.05, 0.1) is 5.69 Å². The van der Waals surface area contributed by atoms with Crippen LogP contribution in [0.3, 0.4) is 0 Å². The molecule has 0 saturated heterocycles. The van der Waals surface area contributed by atoms with Crippen molar-refractivity contribution in [2.24, 2.45) is 0 Å². The topological polar surface area (TPSA) is 16.4 Å². The predicted octanol–water partition coefficient (Wildman–Crippen LogP) is 15.6. The zero-order valence-electron chi connectivity index (χ0n) is 29.8. The zero-order chi connectivity index (χ0) is 36.3. The Morgan fingerprint density at radius 3 is 1.93 bits per heavy atom. The van der Waals surface area contributed by atoms with Gasteiger partial charge in [0.1, 0.15) is 11.2 Å². The van der Waals surface area contributed by atoms with Crippen molar-refractivity contribution in [1.29, 1.82) is 0 Å². The SMILES string of the molecule is c1cc(-c2ccc(-c3cccc4ccccc34)cc2)cc(N(c2ccc3oc4ccccc4c3c2)c2ccccc2-c2ccc3c(c2)sc2ccccc23)c1. The molecule has 0 radical (unpaired) electrons. The van der Waals surface area contributed by atoms with Gasteiger partial charge in [-0.05, 0) is 93.2 Å². The third-order valence-corrected chi connectivity index (χ3v) is 12.0. The molecule has 0 aliphatic rings. The fraction of sp³-hybridized carbons (Fsp3) is 0. The molecule has 0 amide bonds. The van der Waals surface area contributed by atoms with Gasteiger partial charge in [-0.1, -0.05) is 146 Å². The van der Waals surface area contributed by atoms with Crippen molar-refractivity contribution in [3.63, 3.8) is 0 Å². The first-order chi connectivity index (χ1) is 27.2.